The molecule has 0 aliphatic rings. The van der Waals surface area contributed by atoms with Gasteiger partial charge in [-0.3, -0.25) is 15.0 Å². The van der Waals surface area contributed by atoms with Crippen molar-refractivity contribution in [3.63, 3.8) is 0 Å². The lowest BCUT2D eigenvalue weighted by atomic mass is 10.2. The summed E-state index contributed by atoms with van der Waals surface area (Å²) in [5.41, 5.74) is 3.22. The van der Waals surface area contributed by atoms with Crippen LogP contribution < -0.4 is 10.2 Å². The summed E-state index contributed by atoms with van der Waals surface area (Å²) in [5.74, 6) is 0. The van der Waals surface area contributed by atoms with Gasteiger partial charge in [0.2, 0.25) is 0 Å². The Morgan fingerprint density at radius 3 is 2.52 bits per heavy atom. The molecule has 0 heterocycles. The summed E-state index contributed by atoms with van der Waals surface area (Å²) < 4.78 is 5.29. The van der Waals surface area contributed by atoms with Gasteiger partial charge in [-0.2, -0.15) is 0 Å². The first-order chi connectivity index (χ1) is 13.9. The standard InChI is InChI=1S/C22H21N3O4/c1-16-7-6-10-18(13-16)23-20-12-11-19(14-21(20)25(27)28)24(2)22(26)29-15-17-8-4-3-5-9-17/h3-14,23H,15H2,1-2H3. The van der Waals surface area contributed by atoms with Gasteiger partial charge in [-0.25, -0.2) is 4.79 Å². The number of nitrogens with one attached hydrogen (secondary N) is 1. The van der Waals surface area contributed by atoms with Crippen molar-refractivity contribution in [3.05, 3.63) is 94.0 Å². The fourth-order valence-corrected chi connectivity index (χ4v) is 2.79. The van der Waals surface area contributed by atoms with Gasteiger partial charge in [0.1, 0.15) is 12.3 Å². The second-order valence-electron chi connectivity index (χ2n) is 6.55. The first kappa shape index (κ1) is 19.9. The monoisotopic (exact) mass is 391 g/mol. The van der Waals surface area contributed by atoms with Crippen molar-refractivity contribution in [3.8, 4) is 0 Å². The highest BCUT2D eigenvalue weighted by molar-refractivity contribution is 5.88. The number of carbonyl (C=O) groups is 1. The van der Waals surface area contributed by atoms with Gasteiger partial charge in [0.15, 0.2) is 0 Å². The summed E-state index contributed by atoms with van der Waals surface area (Å²) in [6.07, 6.45) is -0.595. The Kier molecular flexibility index (Phi) is 6.09. The van der Waals surface area contributed by atoms with Crippen LogP contribution in [0.3, 0.4) is 0 Å². The topological polar surface area (TPSA) is 84.7 Å². The van der Waals surface area contributed by atoms with E-state index in [9.17, 15) is 14.9 Å². The highest BCUT2D eigenvalue weighted by atomic mass is 16.6. The van der Waals surface area contributed by atoms with Crippen LogP contribution in [-0.4, -0.2) is 18.1 Å². The predicted molar refractivity (Wildman–Crippen MR) is 113 cm³/mol. The minimum atomic E-state index is -0.595. The molecular formula is C22H21N3O4. The Morgan fingerprint density at radius 2 is 1.83 bits per heavy atom. The number of anilines is 3. The fraction of sp³-hybridized carbons (Fsp3) is 0.136. The van der Waals surface area contributed by atoms with E-state index < -0.39 is 11.0 Å². The summed E-state index contributed by atoms with van der Waals surface area (Å²) in [6, 6.07) is 21.4. The maximum Gasteiger partial charge on any atom is 0.414 e. The quantitative estimate of drug-likeness (QED) is 0.448. The first-order valence-electron chi connectivity index (χ1n) is 9.00. The molecular weight excluding hydrogens is 370 g/mol. The minimum absolute atomic E-state index is 0.124. The second-order valence-corrected chi connectivity index (χ2v) is 6.55. The number of nitro benzene ring substituents is 1. The number of carbonyl (C=O) groups excluding carboxylic acids is 1. The summed E-state index contributed by atoms with van der Waals surface area (Å²) in [5, 5.41) is 14.6. The molecule has 0 atom stereocenters. The van der Waals surface area contributed by atoms with Crippen molar-refractivity contribution >= 4 is 28.8 Å². The molecule has 3 aromatic carbocycles. The van der Waals surface area contributed by atoms with E-state index in [1.165, 1.54) is 18.0 Å². The van der Waals surface area contributed by atoms with Crippen LogP contribution >= 0.6 is 0 Å². The van der Waals surface area contributed by atoms with Gasteiger partial charge in [-0.15, -0.1) is 0 Å². The molecule has 3 aromatic rings. The first-order valence-corrected chi connectivity index (χ1v) is 9.00. The summed E-state index contributed by atoms with van der Waals surface area (Å²) >= 11 is 0. The molecule has 0 aromatic heterocycles. The van der Waals surface area contributed by atoms with Gasteiger partial charge in [-0.05, 0) is 42.3 Å². The van der Waals surface area contributed by atoms with Crippen molar-refractivity contribution in [2.45, 2.75) is 13.5 Å². The molecule has 148 valence electrons. The predicted octanol–water partition coefficient (Wildman–Crippen LogP) is 5.42. The van der Waals surface area contributed by atoms with E-state index in [1.54, 1.807) is 12.1 Å². The Hall–Kier alpha value is -3.87. The third-order valence-corrected chi connectivity index (χ3v) is 4.34. The number of aryl methyl sites for hydroxylation is 1. The van der Waals surface area contributed by atoms with Crippen LogP contribution in [0.2, 0.25) is 0 Å². The van der Waals surface area contributed by atoms with Crippen molar-refractivity contribution in [2.24, 2.45) is 0 Å². The SMILES string of the molecule is Cc1cccc(Nc2ccc(N(C)C(=O)OCc3ccccc3)cc2[N+](=O)[O-])c1. The zero-order valence-corrected chi connectivity index (χ0v) is 16.2. The number of hydrogen-bond donors (Lipinski definition) is 1. The maximum atomic E-state index is 12.3. The number of amides is 1. The zero-order valence-electron chi connectivity index (χ0n) is 16.2. The minimum Gasteiger partial charge on any atom is -0.444 e. The van der Waals surface area contributed by atoms with Crippen LogP contribution in [0.15, 0.2) is 72.8 Å². The Balaban J connectivity index is 1.76. The second kappa shape index (κ2) is 8.88. The molecule has 0 unspecified atom stereocenters. The van der Waals surface area contributed by atoms with E-state index in [-0.39, 0.29) is 12.3 Å². The number of benzene rings is 3. The van der Waals surface area contributed by atoms with Gasteiger partial charge in [0, 0.05) is 18.8 Å². The molecule has 3 rings (SSSR count). The van der Waals surface area contributed by atoms with Gasteiger partial charge in [0.05, 0.1) is 10.6 Å². The molecule has 0 saturated heterocycles. The number of hydrogen-bond acceptors (Lipinski definition) is 5. The maximum absolute atomic E-state index is 12.3. The molecule has 0 fully saturated rings. The van der Waals surface area contributed by atoms with Crippen molar-refractivity contribution in [2.75, 3.05) is 17.3 Å². The van der Waals surface area contributed by atoms with Crippen molar-refractivity contribution in [1.29, 1.82) is 0 Å². The normalized spacial score (nSPS) is 10.3. The molecule has 1 amide bonds. The van der Waals surface area contributed by atoms with Gasteiger partial charge in [0.25, 0.3) is 5.69 Å². The van der Waals surface area contributed by atoms with E-state index in [2.05, 4.69) is 5.32 Å². The molecule has 0 saturated carbocycles. The van der Waals surface area contributed by atoms with Crippen LogP contribution in [0.1, 0.15) is 11.1 Å². The number of nitrogens with zero attached hydrogens (tertiary/aromatic N) is 2. The summed E-state index contributed by atoms with van der Waals surface area (Å²) in [7, 11) is 1.51. The molecule has 7 heteroatoms. The van der Waals surface area contributed by atoms with Crippen LogP contribution in [0.4, 0.5) is 27.5 Å². The Morgan fingerprint density at radius 1 is 1.07 bits per heavy atom. The largest absolute Gasteiger partial charge is 0.444 e. The summed E-state index contributed by atoms with van der Waals surface area (Å²) in [6.45, 7) is 2.07. The highest BCUT2D eigenvalue weighted by Gasteiger charge is 2.20. The van der Waals surface area contributed by atoms with Crippen LogP contribution in [0.25, 0.3) is 0 Å². The Labute approximate surface area is 168 Å². The van der Waals surface area contributed by atoms with E-state index in [0.29, 0.717) is 11.4 Å². The zero-order chi connectivity index (χ0) is 20.8. The molecule has 0 radical (unpaired) electrons. The van der Waals surface area contributed by atoms with Gasteiger partial charge >= 0.3 is 6.09 Å². The molecule has 0 aliphatic carbocycles. The Bertz CT molecular complexity index is 1020. The van der Waals surface area contributed by atoms with Gasteiger partial charge < -0.3 is 10.1 Å². The number of ether oxygens (including phenoxy) is 1. The lowest BCUT2D eigenvalue weighted by Gasteiger charge is -2.18. The van der Waals surface area contributed by atoms with E-state index in [4.69, 9.17) is 4.74 Å². The van der Waals surface area contributed by atoms with Crippen molar-refractivity contribution in [1.82, 2.24) is 0 Å². The number of rotatable bonds is 6. The molecule has 0 aliphatic heterocycles. The molecule has 29 heavy (non-hydrogen) atoms. The molecule has 0 spiro atoms. The third kappa shape index (κ3) is 5.10. The third-order valence-electron chi connectivity index (χ3n) is 4.34. The highest BCUT2D eigenvalue weighted by Crippen LogP contribution is 2.32. The number of nitro groups is 1. The van der Waals surface area contributed by atoms with Gasteiger partial charge in [-0.1, -0.05) is 42.5 Å². The fourth-order valence-electron chi connectivity index (χ4n) is 2.79. The molecule has 1 N–H and O–H groups in total. The van der Waals surface area contributed by atoms with Crippen LogP contribution in [0, 0.1) is 17.0 Å². The average Bonchev–Trinajstić information content (AvgIpc) is 2.72. The lowest BCUT2D eigenvalue weighted by Crippen LogP contribution is -2.27. The van der Waals surface area contributed by atoms with E-state index in [1.807, 2.05) is 61.5 Å². The smallest absolute Gasteiger partial charge is 0.414 e. The van der Waals surface area contributed by atoms with Crippen molar-refractivity contribution < 1.29 is 14.5 Å². The lowest BCUT2D eigenvalue weighted by molar-refractivity contribution is -0.383. The average molecular weight is 391 g/mol. The summed E-state index contributed by atoms with van der Waals surface area (Å²) in [4.78, 5) is 24.7. The molecule has 0 bridgehead atoms. The van der Waals surface area contributed by atoms with Crippen LogP contribution in [0.5, 0.6) is 0 Å². The molecule has 7 nitrogen and oxygen atoms in total. The van der Waals surface area contributed by atoms with E-state index in [0.717, 1.165) is 16.8 Å². The van der Waals surface area contributed by atoms with Crippen LogP contribution in [-0.2, 0) is 11.3 Å². The van der Waals surface area contributed by atoms with E-state index >= 15 is 0 Å².